The third-order valence-electron chi connectivity index (χ3n) is 3.63. The Kier molecular flexibility index (Phi) is 6.98. The second-order valence-electron chi connectivity index (χ2n) is 5.43. The Bertz CT molecular complexity index is 380. The summed E-state index contributed by atoms with van der Waals surface area (Å²) in [6.45, 7) is 5.08. The van der Waals surface area contributed by atoms with Gasteiger partial charge in [-0.15, -0.1) is 0 Å². The summed E-state index contributed by atoms with van der Waals surface area (Å²) in [7, 11) is 0. The highest BCUT2D eigenvalue weighted by Gasteiger charge is 2.24. The Morgan fingerprint density at radius 2 is 1.86 bits per heavy atom. The van der Waals surface area contributed by atoms with E-state index >= 15 is 0 Å². The number of rotatable bonds is 7. The van der Waals surface area contributed by atoms with Gasteiger partial charge in [-0.1, -0.05) is 13.3 Å². The maximum absolute atomic E-state index is 12.0. The standard InChI is InChI=1S/C14H25N3O4/c1-3-6-11(13(19)20)9-15-14(21)16-10(2)12(18)17-7-4-5-8-17/h10-11H,3-9H2,1-2H3,(H,19,20)(H2,15,16,21). The second-order valence-corrected chi connectivity index (χ2v) is 5.43. The molecule has 120 valence electrons. The molecule has 1 aliphatic heterocycles. The summed E-state index contributed by atoms with van der Waals surface area (Å²) in [6.07, 6.45) is 3.26. The van der Waals surface area contributed by atoms with Crippen molar-refractivity contribution in [2.45, 2.75) is 45.6 Å². The number of carboxylic acid groups (broad SMARTS) is 1. The van der Waals surface area contributed by atoms with E-state index in [2.05, 4.69) is 10.6 Å². The molecule has 1 rings (SSSR count). The molecule has 0 radical (unpaired) electrons. The topological polar surface area (TPSA) is 98.7 Å². The maximum atomic E-state index is 12.0. The molecule has 1 saturated heterocycles. The number of likely N-dealkylation sites (tertiary alicyclic amines) is 1. The molecule has 2 atom stereocenters. The number of urea groups is 1. The highest BCUT2D eigenvalue weighted by molar-refractivity contribution is 5.87. The minimum atomic E-state index is -0.918. The second kappa shape index (κ2) is 8.49. The fourth-order valence-corrected chi connectivity index (χ4v) is 2.40. The molecule has 3 N–H and O–H groups in total. The first kappa shape index (κ1) is 17.3. The number of hydrogen-bond donors (Lipinski definition) is 3. The van der Waals surface area contributed by atoms with Crippen molar-refractivity contribution < 1.29 is 19.5 Å². The van der Waals surface area contributed by atoms with Crippen LogP contribution in [0.4, 0.5) is 4.79 Å². The Balaban J connectivity index is 2.34. The molecule has 7 nitrogen and oxygen atoms in total. The first-order valence-corrected chi connectivity index (χ1v) is 7.51. The van der Waals surface area contributed by atoms with E-state index in [0.717, 1.165) is 32.4 Å². The Morgan fingerprint density at radius 3 is 2.38 bits per heavy atom. The minimum absolute atomic E-state index is 0.0691. The van der Waals surface area contributed by atoms with E-state index in [1.165, 1.54) is 0 Å². The molecule has 0 saturated carbocycles. The number of nitrogens with zero attached hydrogens (tertiary/aromatic N) is 1. The lowest BCUT2D eigenvalue weighted by Crippen LogP contribution is -2.50. The Labute approximate surface area is 125 Å². The van der Waals surface area contributed by atoms with Crippen molar-refractivity contribution in [1.29, 1.82) is 0 Å². The SMILES string of the molecule is CCCC(CNC(=O)NC(C)C(=O)N1CCCC1)C(=O)O. The number of amides is 3. The predicted octanol–water partition coefficient (Wildman–Crippen LogP) is 0.797. The van der Waals surface area contributed by atoms with Gasteiger partial charge in [-0.2, -0.15) is 0 Å². The molecular formula is C14H25N3O4. The predicted molar refractivity (Wildman–Crippen MR) is 77.8 cm³/mol. The molecule has 21 heavy (non-hydrogen) atoms. The van der Waals surface area contributed by atoms with E-state index in [0.29, 0.717) is 6.42 Å². The number of carbonyl (C=O) groups excluding carboxylic acids is 2. The number of hydrogen-bond acceptors (Lipinski definition) is 3. The van der Waals surface area contributed by atoms with Crippen molar-refractivity contribution >= 4 is 17.9 Å². The van der Waals surface area contributed by atoms with E-state index in [1.807, 2.05) is 6.92 Å². The molecule has 2 unspecified atom stereocenters. The van der Waals surface area contributed by atoms with Crippen molar-refractivity contribution in [2.75, 3.05) is 19.6 Å². The first-order valence-electron chi connectivity index (χ1n) is 7.51. The fourth-order valence-electron chi connectivity index (χ4n) is 2.40. The van der Waals surface area contributed by atoms with Gasteiger partial charge in [0.25, 0.3) is 0 Å². The van der Waals surface area contributed by atoms with E-state index in [-0.39, 0.29) is 12.5 Å². The average molecular weight is 299 g/mol. The minimum Gasteiger partial charge on any atom is -0.481 e. The Hall–Kier alpha value is -1.79. The van der Waals surface area contributed by atoms with Crippen LogP contribution < -0.4 is 10.6 Å². The molecule has 1 fully saturated rings. The molecule has 0 aliphatic carbocycles. The summed E-state index contributed by atoms with van der Waals surface area (Å²) in [5.41, 5.74) is 0. The van der Waals surface area contributed by atoms with Crippen LogP contribution in [0.2, 0.25) is 0 Å². The van der Waals surface area contributed by atoms with Gasteiger partial charge in [-0.3, -0.25) is 9.59 Å². The third-order valence-corrected chi connectivity index (χ3v) is 3.63. The average Bonchev–Trinajstić information content (AvgIpc) is 2.96. The largest absolute Gasteiger partial charge is 0.481 e. The molecular weight excluding hydrogens is 274 g/mol. The van der Waals surface area contributed by atoms with Gasteiger partial charge in [-0.25, -0.2) is 4.79 Å². The summed E-state index contributed by atoms with van der Waals surface area (Å²) in [5, 5.41) is 14.1. The van der Waals surface area contributed by atoms with Gasteiger partial charge in [0.05, 0.1) is 5.92 Å². The number of carbonyl (C=O) groups is 3. The van der Waals surface area contributed by atoms with Crippen molar-refractivity contribution in [3.05, 3.63) is 0 Å². The molecule has 3 amide bonds. The lowest BCUT2D eigenvalue weighted by molar-refractivity contribution is -0.141. The van der Waals surface area contributed by atoms with Gasteiger partial charge < -0.3 is 20.6 Å². The zero-order valence-corrected chi connectivity index (χ0v) is 12.7. The van der Waals surface area contributed by atoms with Crippen LogP contribution in [-0.2, 0) is 9.59 Å². The smallest absolute Gasteiger partial charge is 0.315 e. The highest BCUT2D eigenvalue weighted by Crippen LogP contribution is 2.09. The van der Waals surface area contributed by atoms with E-state index < -0.39 is 24.0 Å². The zero-order valence-electron chi connectivity index (χ0n) is 12.7. The molecule has 0 aromatic carbocycles. The lowest BCUT2D eigenvalue weighted by atomic mass is 10.0. The summed E-state index contributed by atoms with van der Waals surface area (Å²) >= 11 is 0. The van der Waals surface area contributed by atoms with Gasteiger partial charge in [0.2, 0.25) is 5.91 Å². The highest BCUT2D eigenvalue weighted by atomic mass is 16.4. The van der Waals surface area contributed by atoms with Gasteiger partial charge in [-0.05, 0) is 26.2 Å². The molecule has 7 heteroatoms. The van der Waals surface area contributed by atoms with Gasteiger partial charge >= 0.3 is 12.0 Å². The summed E-state index contributed by atoms with van der Waals surface area (Å²) in [5.74, 6) is -1.60. The molecule has 1 aliphatic rings. The van der Waals surface area contributed by atoms with Crippen molar-refractivity contribution in [3.63, 3.8) is 0 Å². The van der Waals surface area contributed by atoms with E-state index in [4.69, 9.17) is 5.11 Å². The van der Waals surface area contributed by atoms with Crippen LogP contribution in [0.15, 0.2) is 0 Å². The van der Waals surface area contributed by atoms with Crippen LogP contribution in [0.1, 0.15) is 39.5 Å². The van der Waals surface area contributed by atoms with Crippen molar-refractivity contribution in [3.8, 4) is 0 Å². The van der Waals surface area contributed by atoms with Gasteiger partial charge in [0, 0.05) is 19.6 Å². The molecule has 0 aromatic heterocycles. The molecule has 0 aromatic rings. The van der Waals surface area contributed by atoms with Crippen molar-refractivity contribution in [2.24, 2.45) is 5.92 Å². The Morgan fingerprint density at radius 1 is 1.24 bits per heavy atom. The van der Waals surface area contributed by atoms with Crippen LogP contribution >= 0.6 is 0 Å². The van der Waals surface area contributed by atoms with Gasteiger partial charge in [0.15, 0.2) is 0 Å². The molecule has 1 heterocycles. The summed E-state index contributed by atoms with van der Waals surface area (Å²) in [6, 6.07) is -1.10. The van der Waals surface area contributed by atoms with Crippen LogP contribution in [0.25, 0.3) is 0 Å². The molecule has 0 bridgehead atoms. The van der Waals surface area contributed by atoms with Crippen molar-refractivity contribution in [1.82, 2.24) is 15.5 Å². The lowest BCUT2D eigenvalue weighted by Gasteiger charge is -2.21. The number of aliphatic carboxylic acids is 1. The quantitative estimate of drug-likeness (QED) is 0.647. The first-order chi connectivity index (χ1) is 9.95. The maximum Gasteiger partial charge on any atom is 0.315 e. The molecule has 0 spiro atoms. The van der Waals surface area contributed by atoms with E-state index in [1.54, 1.807) is 11.8 Å². The normalized spacial score (nSPS) is 17.1. The summed E-state index contributed by atoms with van der Waals surface area (Å²) in [4.78, 5) is 36.4. The number of carboxylic acids is 1. The van der Waals surface area contributed by atoms with E-state index in [9.17, 15) is 14.4 Å². The van der Waals surface area contributed by atoms with Crippen LogP contribution in [0, 0.1) is 5.92 Å². The zero-order chi connectivity index (χ0) is 15.8. The number of nitrogens with one attached hydrogen (secondary N) is 2. The monoisotopic (exact) mass is 299 g/mol. The third kappa shape index (κ3) is 5.61. The summed E-state index contributed by atoms with van der Waals surface area (Å²) < 4.78 is 0. The van der Waals surface area contributed by atoms with Crippen LogP contribution in [0.5, 0.6) is 0 Å². The fraction of sp³-hybridized carbons (Fsp3) is 0.786. The van der Waals surface area contributed by atoms with Crippen LogP contribution in [0.3, 0.4) is 0 Å². The van der Waals surface area contributed by atoms with Crippen LogP contribution in [-0.4, -0.2) is 53.6 Å². The van der Waals surface area contributed by atoms with Gasteiger partial charge in [0.1, 0.15) is 6.04 Å².